The Morgan fingerprint density at radius 3 is 2.82 bits per heavy atom. The van der Waals surface area contributed by atoms with Gasteiger partial charge in [-0.3, -0.25) is 4.79 Å². The highest BCUT2D eigenvalue weighted by Crippen LogP contribution is 2.24. The molecule has 0 radical (unpaired) electrons. The highest BCUT2D eigenvalue weighted by atomic mass is 35.5. The second kappa shape index (κ2) is 9.65. The first-order chi connectivity index (χ1) is 7.74. The van der Waals surface area contributed by atoms with Crippen molar-refractivity contribution in [2.45, 2.75) is 25.4 Å². The van der Waals surface area contributed by atoms with Crippen molar-refractivity contribution in [1.29, 1.82) is 0 Å². The van der Waals surface area contributed by atoms with Crippen LogP contribution < -0.4 is 10.6 Å². The van der Waals surface area contributed by atoms with Crippen LogP contribution in [0.25, 0.3) is 0 Å². The van der Waals surface area contributed by atoms with Crippen molar-refractivity contribution >= 4 is 18.3 Å². The van der Waals surface area contributed by atoms with Crippen molar-refractivity contribution in [1.82, 2.24) is 10.6 Å². The number of rotatable bonds is 7. The van der Waals surface area contributed by atoms with Gasteiger partial charge in [0.2, 0.25) is 5.91 Å². The minimum atomic E-state index is -0.234. The molecule has 5 nitrogen and oxygen atoms in total. The molecule has 0 aromatic carbocycles. The molecule has 0 spiro atoms. The Labute approximate surface area is 109 Å². The van der Waals surface area contributed by atoms with Crippen molar-refractivity contribution in [3.63, 3.8) is 0 Å². The fraction of sp³-hybridized carbons (Fsp3) is 0.909. The van der Waals surface area contributed by atoms with E-state index in [9.17, 15) is 9.90 Å². The lowest BCUT2D eigenvalue weighted by Crippen LogP contribution is -2.38. The van der Waals surface area contributed by atoms with Gasteiger partial charge in [-0.05, 0) is 12.8 Å². The average Bonchev–Trinajstić information content (AvgIpc) is 2.67. The average molecular weight is 267 g/mol. The van der Waals surface area contributed by atoms with Gasteiger partial charge in [-0.25, -0.2) is 0 Å². The Bertz CT molecular complexity index is 217. The van der Waals surface area contributed by atoms with Crippen molar-refractivity contribution in [2.24, 2.45) is 5.92 Å². The van der Waals surface area contributed by atoms with Gasteiger partial charge in [0.1, 0.15) is 0 Å². The van der Waals surface area contributed by atoms with Gasteiger partial charge in [-0.1, -0.05) is 6.42 Å². The lowest BCUT2D eigenvalue weighted by Gasteiger charge is -2.15. The first-order valence-corrected chi connectivity index (χ1v) is 5.88. The molecule has 0 aromatic heterocycles. The van der Waals surface area contributed by atoms with E-state index in [4.69, 9.17) is 4.74 Å². The molecule has 1 aliphatic carbocycles. The van der Waals surface area contributed by atoms with Gasteiger partial charge in [0.25, 0.3) is 0 Å². The summed E-state index contributed by atoms with van der Waals surface area (Å²) in [5, 5.41) is 15.4. The van der Waals surface area contributed by atoms with Crippen LogP contribution in [0.15, 0.2) is 0 Å². The number of methoxy groups -OCH3 is 1. The monoisotopic (exact) mass is 266 g/mol. The normalized spacial score (nSPS) is 23.2. The maximum atomic E-state index is 11.4. The number of aliphatic hydroxyl groups is 1. The molecule has 1 amide bonds. The molecular formula is C11H23ClN2O3. The third-order valence-electron chi connectivity index (χ3n) is 2.95. The number of carbonyl (C=O) groups excluding carboxylic acids is 1. The highest BCUT2D eigenvalue weighted by Gasteiger charge is 2.25. The molecule has 0 saturated heterocycles. The third-order valence-corrected chi connectivity index (χ3v) is 2.95. The molecule has 1 aliphatic rings. The van der Waals surface area contributed by atoms with E-state index in [1.807, 2.05) is 0 Å². The van der Waals surface area contributed by atoms with Crippen LogP contribution in [-0.4, -0.2) is 50.5 Å². The largest absolute Gasteiger partial charge is 0.393 e. The summed E-state index contributed by atoms with van der Waals surface area (Å²) in [6, 6.07) is 0. The molecule has 2 atom stereocenters. The number of aliphatic hydroxyl groups excluding tert-OH is 1. The van der Waals surface area contributed by atoms with Gasteiger partial charge in [0.15, 0.2) is 0 Å². The van der Waals surface area contributed by atoms with Gasteiger partial charge in [-0.15, -0.1) is 12.4 Å². The number of hydrogen-bond acceptors (Lipinski definition) is 4. The standard InChI is InChI=1S/C11H22N2O3.ClH/c1-16-6-5-12-8-11(15)13-7-9-3-2-4-10(9)14;/h9-10,12,14H,2-8H2,1H3,(H,13,15);1H. The van der Waals surface area contributed by atoms with Crippen LogP contribution in [0, 0.1) is 5.92 Å². The smallest absolute Gasteiger partial charge is 0.233 e. The molecule has 0 aliphatic heterocycles. The molecule has 0 aromatic rings. The van der Waals surface area contributed by atoms with E-state index >= 15 is 0 Å². The molecule has 6 heteroatoms. The first kappa shape index (κ1) is 16.6. The Morgan fingerprint density at radius 1 is 1.47 bits per heavy atom. The summed E-state index contributed by atoms with van der Waals surface area (Å²) in [6.45, 7) is 2.18. The van der Waals surface area contributed by atoms with Crippen molar-refractivity contribution in [3.05, 3.63) is 0 Å². The number of ether oxygens (including phenoxy) is 1. The van der Waals surface area contributed by atoms with Crippen LogP contribution in [0.4, 0.5) is 0 Å². The SMILES string of the molecule is COCCNCC(=O)NCC1CCCC1O.Cl. The third kappa shape index (κ3) is 6.83. The summed E-state index contributed by atoms with van der Waals surface area (Å²) in [6.07, 6.45) is 2.71. The molecule has 0 bridgehead atoms. The molecule has 1 fully saturated rings. The fourth-order valence-electron chi connectivity index (χ4n) is 1.94. The van der Waals surface area contributed by atoms with Gasteiger partial charge in [-0.2, -0.15) is 0 Å². The second-order valence-electron chi connectivity index (χ2n) is 4.23. The molecule has 1 rings (SSSR count). The molecule has 102 valence electrons. The minimum Gasteiger partial charge on any atom is -0.393 e. The topological polar surface area (TPSA) is 70.6 Å². The quantitative estimate of drug-likeness (QED) is 0.564. The Kier molecular flexibility index (Phi) is 9.44. The number of nitrogens with one attached hydrogen (secondary N) is 2. The summed E-state index contributed by atoms with van der Waals surface area (Å²) >= 11 is 0. The highest BCUT2D eigenvalue weighted by molar-refractivity contribution is 5.85. The fourth-order valence-corrected chi connectivity index (χ4v) is 1.94. The molecule has 3 N–H and O–H groups in total. The zero-order valence-corrected chi connectivity index (χ0v) is 11.1. The van der Waals surface area contributed by atoms with E-state index in [-0.39, 0.29) is 30.3 Å². The molecular weight excluding hydrogens is 244 g/mol. The zero-order chi connectivity index (χ0) is 11.8. The molecule has 1 saturated carbocycles. The van der Waals surface area contributed by atoms with E-state index in [2.05, 4.69) is 10.6 Å². The van der Waals surface area contributed by atoms with E-state index in [1.54, 1.807) is 7.11 Å². The van der Waals surface area contributed by atoms with Crippen LogP contribution in [0.3, 0.4) is 0 Å². The van der Waals surface area contributed by atoms with Gasteiger partial charge >= 0.3 is 0 Å². The van der Waals surface area contributed by atoms with Crippen LogP contribution >= 0.6 is 12.4 Å². The van der Waals surface area contributed by atoms with E-state index in [0.29, 0.717) is 26.2 Å². The summed E-state index contributed by atoms with van der Waals surface area (Å²) in [5.41, 5.74) is 0. The maximum absolute atomic E-state index is 11.4. The Hall–Kier alpha value is -0.360. The number of amides is 1. The van der Waals surface area contributed by atoms with E-state index in [0.717, 1.165) is 19.3 Å². The van der Waals surface area contributed by atoms with Crippen molar-refractivity contribution in [2.75, 3.05) is 33.4 Å². The summed E-state index contributed by atoms with van der Waals surface area (Å²) in [4.78, 5) is 11.4. The van der Waals surface area contributed by atoms with Crippen LogP contribution in [0.1, 0.15) is 19.3 Å². The van der Waals surface area contributed by atoms with Crippen LogP contribution in [0.5, 0.6) is 0 Å². The molecule has 0 heterocycles. The lowest BCUT2D eigenvalue weighted by molar-refractivity contribution is -0.120. The minimum absolute atomic E-state index is 0. The number of carbonyl (C=O) groups is 1. The summed E-state index contributed by atoms with van der Waals surface area (Å²) < 4.78 is 4.85. The maximum Gasteiger partial charge on any atom is 0.233 e. The van der Waals surface area contributed by atoms with Crippen molar-refractivity contribution < 1.29 is 14.6 Å². The first-order valence-electron chi connectivity index (χ1n) is 5.88. The van der Waals surface area contributed by atoms with Gasteiger partial charge < -0.3 is 20.5 Å². The summed E-state index contributed by atoms with van der Waals surface area (Å²) in [5.74, 6) is 0.220. The van der Waals surface area contributed by atoms with Gasteiger partial charge in [0.05, 0.1) is 19.3 Å². The zero-order valence-electron chi connectivity index (χ0n) is 10.3. The second-order valence-corrected chi connectivity index (χ2v) is 4.23. The molecule has 17 heavy (non-hydrogen) atoms. The number of halogens is 1. The Morgan fingerprint density at radius 2 is 2.24 bits per heavy atom. The predicted octanol–water partition coefficient (Wildman–Crippen LogP) is -0.0786. The number of hydrogen-bond donors (Lipinski definition) is 3. The lowest BCUT2D eigenvalue weighted by atomic mass is 10.1. The Balaban J connectivity index is 0.00000256. The molecule has 2 unspecified atom stereocenters. The van der Waals surface area contributed by atoms with Crippen LogP contribution in [-0.2, 0) is 9.53 Å². The van der Waals surface area contributed by atoms with Crippen molar-refractivity contribution in [3.8, 4) is 0 Å². The van der Waals surface area contributed by atoms with Gasteiger partial charge in [0, 0.05) is 26.1 Å². The predicted molar refractivity (Wildman–Crippen MR) is 68.4 cm³/mol. The summed E-state index contributed by atoms with van der Waals surface area (Å²) in [7, 11) is 1.63. The van der Waals surface area contributed by atoms with E-state index < -0.39 is 0 Å². The van der Waals surface area contributed by atoms with E-state index in [1.165, 1.54) is 0 Å². The van der Waals surface area contributed by atoms with Crippen LogP contribution in [0.2, 0.25) is 0 Å².